The number of ether oxygens (including phenoxy) is 1. The summed E-state index contributed by atoms with van der Waals surface area (Å²) in [6.07, 6.45) is 5.10. The van der Waals surface area contributed by atoms with Crippen LogP contribution in [0.4, 0.5) is 5.69 Å². The highest BCUT2D eigenvalue weighted by Gasteiger charge is 2.47. The molecule has 2 atom stereocenters. The Morgan fingerprint density at radius 2 is 1.55 bits per heavy atom. The SMILES string of the molecule is Cc1ccc2nc(-c3ccc(N4C(=O)[C@H]5CC=CC[C@@H]5C4=O)cc3)cc(C(=O)OCC(=O)c3ccccc3)c2c1. The van der Waals surface area contributed by atoms with Crippen molar-refractivity contribution in [2.24, 2.45) is 11.8 Å². The molecule has 1 fully saturated rings. The highest BCUT2D eigenvalue weighted by Crippen LogP contribution is 2.38. The lowest BCUT2D eigenvalue weighted by Gasteiger charge is -2.15. The number of aryl methyl sites for hydroxylation is 1. The van der Waals surface area contributed by atoms with E-state index < -0.39 is 5.97 Å². The highest BCUT2D eigenvalue weighted by molar-refractivity contribution is 6.22. The molecule has 7 nitrogen and oxygen atoms in total. The lowest BCUT2D eigenvalue weighted by molar-refractivity contribution is -0.122. The first-order chi connectivity index (χ1) is 19.4. The average Bonchev–Trinajstić information content (AvgIpc) is 3.25. The monoisotopic (exact) mass is 530 g/mol. The zero-order valence-corrected chi connectivity index (χ0v) is 21.9. The van der Waals surface area contributed by atoms with E-state index in [2.05, 4.69) is 0 Å². The number of hydrogen-bond donors (Lipinski definition) is 0. The maximum absolute atomic E-state index is 13.2. The molecule has 0 saturated carbocycles. The topological polar surface area (TPSA) is 93.6 Å². The molecule has 6 rings (SSSR count). The predicted octanol–water partition coefficient (Wildman–Crippen LogP) is 5.71. The summed E-state index contributed by atoms with van der Waals surface area (Å²) in [7, 11) is 0. The van der Waals surface area contributed by atoms with E-state index in [9.17, 15) is 19.2 Å². The molecule has 0 N–H and O–H groups in total. The van der Waals surface area contributed by atoms with E-state index in [-0.39, 0.29) is 36.0 Å². The van der Waals surface area contributed by atoms with Gasteiger partial charge in [0.15, 0.2) is 12.4 Å². The van der Waals surface area contributed by atoms with Crippen LogP contribution in [-0.2, 0) is 14.3 Å². The zero-order valence-electron chi connectivity index (χ0n) is 21.9. The summed E-state index contributed by atoms with van der Waals surface area (Å²) < 4.78 is 5.44. The fourth-order valence-electron chi connectivity index (χ4n) is 5.41. The van der Waals surface area contributed by atoms with E-state index in [4.69, 9.17) is 9.72 Å². The van der Waals surface area contributed by atoms with Gasteiger partial charge >= 0.3 is 5.97 Å². The lowest BCUT2D eigenvalue weighted by atomic mass is 9.85. The molecule has 1 aromatic heterocycles. The first-order valence-electron chi connectivity index (χ1n) is 13.2. The van der Waals surface area contributed by atoms with Gasteiger partial charge in [-0.25, -0.2) is 9.78 Å². The number of imide groups is 1. The molecule has 0 spiro atoms. The number of anilines is 1. The largest absolute Gasteiger partial charge is 0.454 e. The Labute approximate surface area is 231 Å². The number of rotatable bonds is 6. The van der Waals surface area contributed by atoms with Crippen molar-refractivity contribution in [2.75, 3.05) is 11.5 Å². The van der Waals surface area contributed by atoms with E-state index in [1.807, 2.05) is 43.3 Å². The number of esters is 1. The van der Waals surface area contributed by atoms with Gasteiger partial charge in [-0.2, -0.15) is 0 Å². The van der Waals surface area contributed by atoms with Gasteiger partial charge in [-0.05, 0) is 50.1 Å². The summed E-state index contributed by atoms with van der Waals surface area (Å²) in [5, 5.41) is 0.627. The number of carbonyl (C=O) groups is 4. The molecule has 0 unspecified atom stereocenters. The van der Waals surface area contributed by atoms with Crippen molar-refractivity contribution in [3.63, 3.8) is 0 Å². The third kappa shape index (κ3) is 4.60. The van der Waals surface area contributed by atoms with Gasteiger partial charge in [0.25, 0.3) is 0 Å². The van der Waals surface area contributed by atoms with Crippen molar-refractivity contribution in [3.05, 3.63) is 108 Å². The van der Waals surface area contributed by atoms with Gasteiger partial charge in [0.2, 0.25) is 11.8 Å². The number of allylic oxidation sites excluding steroid dienone is 2. The maximum Gasteiger partial charge on any atom is 0.339 e. The summed E-state index contributed by atoms with van der Waals surface area (Å²) >= 11 is 0. The number of nitrogens with zero attached hydrogens (tertiary/aromatic N) is 2. The van der Waals surface area contributed by atoms with Crippen LogP contribution in [0.15, 0.2) is 91.0 Å². The fraction of sp³-hybridized carbons (Fsp3) is 0.182. The van der Waals surface area contributed by atoms with Gasteiger partial charge in [0, 0.05) is 16.5 Å². The van der Waals surface area contributed by atoms with Gasteiger partial charge < -0.3 is 4.74 Å². The van der Waals surface area contributed by atoms with Gasteiger partial charge in [-0.3, -0.25) is 19.3 Å². The molecule has 1 aliphatic carbocycles. The van der Waals surface area contributed by atoms with Crippen LogP contribution in [0.2, 0.25) is 0 Å². The minimum atomic E-state index is -0.621. The number of benzene rings is 3. The van der Waals surface area contributed by atoms with E-state index in [1.54, 1.807) is 54.6 Å². The fourth-order valence-corrected chi connectivity index (χ4v) is 5.41. The van der Waals surface area contributed by atoms with E-state index >= 15 is 0 Å². The van der Waals surface area contributed by atoms with Crippen molar-refractivity contribution >= 4 is 40.2 Å². The maximum atomic E-state index is 13.2. The molecule has 0 bridgehead atoms. The number of aromatic nitrogens is 1. The van der Waals surface area contributed by atoms with Crippen molar-refractivity contribution in [2.45, 2.75) is 19.8 Å². The lowest BCUT2D eigenvalue weighted by Crippen LogP contribution is -2.30. The molecule has 7 heteroatoms. The number of carbonyl (C=O) groups excluding carboxylic acids is 4. The molecule has 198 valence electrons. The molecular weight excluding hydrogens is 504 g/mol. The van der Waals surface area contributed by atoms with Crippen molar-refractivity contribution in [1.29, 1.82) is 0 Å². The molecule has 1 aliphatic heterocycles. The Balaban J connectivity index is 1.29. The minimum absolute atomic E-state index is 0.165. The summed E-state index contributed by atoms with van der Waals surface area (Å²) in [6, 6.07) is 23.0. The van der Waals surface area contributed by atoms with Crippen LogP contribution in [-0.4, -0.2) is 35.2 Å². The van der Waals surface area contributed by atoms with Crippen LogP contribution in [0.25, 0.3) is 22.2 Å². The highest BCUT2D eigenvalue weighted by atomic mass is 16.5. The van der Waals surface area contributed by atoms with E-state index in [0.29, 0.717) is 51.8 Å². The molecule has 1 saturated heterocycles. The molecule has 3 aromatic carbocycles. The van der Waals surface area contributed by atoms with Crippen LogP contribution < -0.4 is 4.90 Å². The molecule has 0 radical (unpaired) electrons. The smallest absolute Gasteiger partial charge is 0.339 e. The Morgan fingerprint density at radius 3 is 2.23 bits per heavy atom. The normalized spacial score (nSPS) is 18.2. The number of pyridine rings is 1. The Morgan fingerprint density at radius 1 is 0.875 bits per heavy atom. The molecule has 2 amide bonds. The predicted molar refractivity (Wildman–Crippen MR) is 151 cm³/mol. The van der Waals surface area contributed by atoms with E-state index in [1.165, 1.54) is 4.90 Å². The number of amides is 2. The Kier molecular flexibility index (Phi) is 6.56. The number of ketones is 1. The van der Waals surface area contributed by atoms with Crippen LogP contribution in [0.5, 0.6) is 0 Å². The second-order valence-corrected chi connectivity index (χ2v) is 10.2. The van der Waals surface area contributed by atoms with Crippen LogP contribution in [0, 0.1) is 18.8 Å². The minimum Gasteiger partial charge on any atom is -0.454 e. The summed E-state index contributed by atoms with van der Waals surface area (Å²) in [4.78, 5) is 57.7. The molecule has 40 heavy (non-hydrogen) atoms. The standard InChI is InChI=1S/C33H26N2O5/c1-20-11-16-28-26(17-20)27(33(39)40-19-30(36)22-7-3-2-4-8-22)18-29(34-28)21-12-14-23(15-13-21)35-31(37)24-9-5-6-10-25(24)32(35)38/h2-8,11-18,24-25H,9-10,19H2,1H3/t24-,25-/m0/s1. The van der Waals surface area contributed by atoms with Gasteiger partial charge in [0.05, 0.1) is 34.3 Å². The molecular formula is C33H26N2O5. The van der Waals surface area contributed by atoms with Crippen molar-refractivity contribution in [1.82, 2.24) is 4.98 Å². The van der Waals surface area contributed by atoms with E-state index in [0.717, 1.165) is 5.56 Å². The first kappa shape index (κ1) is 25.4. The van der Waals surface area contributed by atoms with Crippen molar-refractivity contribution in [3.8, 4) is 11.3 Å². The third-order valence-electron chi connectivity index (χ3n) is 7.54. The summed E-state index contributed by atoms with van der Waals surface area (Å²) in [5.74, 6) is -1.84. The van der Waals surface area contributed by atoms with Gasteiger partial charge in [-0.15, -0.1) is 0 Å². The number of Topliss-reactive ketones (excluding diaryl/α,β-unsaturated/α-hetero) is 1. The summed E-state index contributed by atoms with van der Waals surface area (Å²) in [5.41, 5.74) is 4.09. The second-order valence-electron chi connectivity index (χ2n) is 10.2. The Bertz CT molecular complexity index is 1670. The summed E-state index contributed by atoms with van der Waals surface area (Å²) in [6.45, 7) is 1.55. The molecule has 2 aliphatic rings. The van der Waals surface area contributed by atoms with Gasteiger partial charge in [-0.1, -0.05) is 66.2 Å². The quantitative estimate of drug-likeness (QED) is 0.137. The molecule has 4 aromatic rings. The van der Waals surface area contributed by atoms with Crippen LogP contribution in [0.1, 0.15) is 39.1 Å². The van der Waals surface area contributed by atoms with Crippen LogP contribution in [0.3, 0.4) is 0 Å². The van der Waals surface area contributed by atoms with Crippen molar-refractivity contribution < 1.29 is 23.9 Å². The average molecular weight is 531 g/mol. The number of hydrogen-bond acceptors (Lipinski definition) is 6. The Hall–Kier alpha value is -4.91. The zero-order chi connectivity index (χ0) is 27.8. The number of fused-ring (bicyclic) bond motifs is 2. The first-order valence-corrected chi connectivity index (χ1v) is 13.2. The van der Waals surface area contributed by atoms with Crippen LogP contribution >= 0.6 is 0 Å². The third-order valence-corrected chi connectivity index (χ3v) is 7.54. The van der Waals surface area contributed by atoms with Gasteiger partial charge in [0.1, 0.15) is 0 Å². The second kappa shape index (κ2) is 10.3. The molecule has 2 heterocycles.